The fourth-order valence-corrected chi connectivity index (χ4v) is 3.10. The van der Waals surface area contributed by atoms with Crippen LogP contribution in [0.3, 0.4) is 0 Å². The number of benzene rings is 1. The average molecular weight is 399 g/mol. The summed E-state index contributed by atoms with van der Waals surface area (Å²) in [6.07, 6.45) is 3.16. The summed E-state index contributed by atoms with van der Waals surface area (Å²) in [5.41, 5.74) is 0.966. The molecule has 7 nitrogen and oxygen atoms in total. The van der Waals surface area contributed by atoms with E-state index in [0.717, 1.165) is 18.5 Å². The van der Waals surface area contributed by atoms with Crippen molar-refractivity contribution in [2.75, 3.05) is 20.1 Å². The number of halogens is 1. The van der Waals surface area contributed by atoms with E-state index in [1.54, 1.807) is 31.4 Å². The molecule has 1 aromatic heterocycles. The molecule has 0 bridgehead atoms. The van der Waals surface area contributed by atoms with E-state index in [4.69, 9.17) is 4.74 Å². The lowest BCUT2D eigenvalue weighted by Crippen LogP contribution is -2.44. The van der Waals surface area contributed by atoms with Crippen LogP contribution < -0.4 is 15.4 Å². The second-order valence-electron chi connectivity index (χ2n) is 6.81. The third-order valence-corrected chi connectivity index (χ3v) is 4.70. The van der Waals surface area contributed by atoms with Gasteiger partial charge in [-0.3, -0.25) is 9.79 Å². The Morgan fingerprint density at radius 2 is 2.10 bits per heavy atom. The number of carbonyl (C=O) groups excluding carboxylic acids is 1. The van der Waals surface area contributed by atoms with Crippen molar-refractivity contribution < 1.29 is 13.9 Å². The Kier molecular flexibility index (Phi) is 6.99. The van der Waals surface area contributed by atoms with Crippen molar-refractivity contribution in [1.82, 2.24) is 20.5 Å². The predicted octanol–water partition coefficient (Wildman–Crippen LogP) is 2.69. The van der Waals surface area contributed by atoms with Crippen LogP contribution in [0.4, 0.5) is 4.39 Å². The summed E-state index contributed by atoms with van der Waals surface area (Å²) in [6.45, 7) is 3.91. The van der Waals surface area contributed by atoms with Gasteiger partial charge in [-0.2, -0.15) is 0 Å². The van der Waals surface area contributed by atoms with Crippen molar-refractivity contribution in [2.45, 2.75) is 32.4 Å². The number of guanidine groups is 1. The normalized spacial score (nSPS) is 16.6. The molecule has 1 aliphatic heterocycles. The van der Waals surface area contributed by atoms with E-state index < -0.39 is 0 Å². The molecule has 0 saturated carbocycles. The molecule has 0 spiro atoms. The number of hydrogen-bond donors (Lipinski definition) is 2. The zero-order valence-electron chi connectivity index (χ0n) is 16.7. The highest BCUT2D eigenvalue weighted by Gasteiger charge is 2.25. The van der Waals surface area contributed by atoms with Crippen LogP contribution >= 0.6 is 0 Å². The van der Waals surface area contributed by atoms with Gasteiger partial charge in [0.2, 0.25) is 11.8 Å². The number of aliphatic imine (C=N–C) groups is 1. The first-order valence-electron chi connectivity index (χ1n) is 9.70. The molecule has 29 heavy (non-hydrogen) atoms. The van der Waals surface area contributed by atoms with Crippen LogP contribution in [0.25, 0.3) is 0 Å². The van der Waals surface area contributed by atoms with E-state index in [9.17, 15) is 9.18 Å². The number of nitrogens with one attached hydrogen (secondary N) is 2. The maximum atomic E-state index is 12.9. The molecule has 1 atom stereocenters. The lowest BCUT2D eigenvalue weighted by molar-refractivity contribution is -0.129. The van der Waals surface area contributed by atoms with E-state index >= 15 is 0 Å². The van der Waals surface area contributed by atoms with Gasteiger partial charge >= 0.3 is 0 Å². The number of rotatable bonds is 6. The van der Waals surface area contributed by atoms with Crippen LogP contribution in [-0.2, 0) is 11.3 Å². The molecule has 2 aromatic rings. The van der Waals surface area contributed by atoms with Crippen molar-refractivity contribution in [1.29, 1.82) is 0 Å². The summed E-state index contributed by atoms with van der Waals surface area (Å²) in [6, 6.07) is 9.66. The van der Waals surface area contributed by atoms with E-state index in [1.807, 2.05) is 17.9 Å². The molecule has 1 aliphatic rings. The lowest BCUT2D eigenvalue weighted by Gasteiger charge is -2.18. The fraction of sp³-hybridized carbons (Fsp3) is 0.381. The summed E-state index contributed by atoms with van der Waals surface area (Å²) < 4.78 is 18.5. The van der Waals surface area contributed by atoms with Gasteiger partial charge in [0.1, 0.15) is 11.6 Å². The Morgan fingerprint density at radius 1 is 1.31 bits per heavy atom. The fourth-order valence-electron chi connectivity index (χ4n) is 3.10. The van der Waals surface area contributed by atoms with E-state index in [-0.39, 0.29) is 17.8 Å². The Bertz CT molecular complexity index is 839. The van der Waals surface area contributed by atoms with Crippen LogP contribution in [0.1, 0.15) is 25.3 Å². The molecule has 1 saturated heterocycles. The number of amides is 1. The number of nitrogens with zero attached hydrogens (tertiary/aromatic N) is 3. The Morgan fingerprint density at radius 3 is 2.76 bits per heavy atom. The highest BCUT2D eigenvalue weighted by molar-refractivity contribution is 5.80. The molecule has 0 radical (unpaired) electrons. The topological polar surface area (TPSA) is 78.9 Å². The van der Waals surface area contributed by atoms with Crippen molar-refractivity contribution in [3.05, 3.63) is 54.0 Å². The highest BCUT2D eigenvalue weighted by atomic mass is 19.1. The summed E-state index contributed by atoms with van der Waals surface area (Å²) >= 11 is 0. The van der Waals surface area contributed by atoms with Gasteiger partial charge < -0.3 is 20.3 Å². The van der Waals surface area contributed by atoms with Gasteiger partial charge in [0.15, 0.2) is 5.96 Å². The minimum Gasteiger partial charge on any atom is -0.439 e. The van der Waals surface area contributed by atoms with Crippen molar-refractivity contribution >= 4 is 11.9 Å². The summed E-state index contributed by atoms with van der Waals surface area (Å²) in [5, 5.41) is 6.62. The molecule has 1 aromatic carbocycles. The first-order valence-corrected chi connectivity index (χ1v) is 9.70. The molecule has 3 rings (SSSR count). The van der Waals surface area contributed by atoms with Crippen molar-refractivity contribution in [3.8, 4) is 11.6 Å². The zero-order chi connectivity index (χ0) is 20.6. The number of hydrogen-bond acceptors (Lipinski definition) is 4. The van der Waals surface area contributed by atoms with E-state index in [1.165, 1.54) is 12.1 Å². The first-order chi connectivity index (χ1) is 14.1. The van der Waals surface area contributed by atoms with Gasteiger partial charge in [-0.05, 0) is 36.2 Å². The van der Waals surface area contributed by atoms with Gasteiger partial charge in [-0.15, -0.1) is 0 Å². The third kappa shape index (κ3) is 5.91. The van der Waals surface area contributed by atoms with Crippen LogP contribution in [0.15, 0.2) is 47.6 Å². The molecule has 8 heteroatoms. The van der Waals surface area contributed by atoms with Gasteiger partial charge in [0.25, 0.3) is 0 Å². The lowest BCUT2D eigenvalue weighted by atomic mass is 10.2. The molecule has 1 amide bonds. The number of pyridine rings is 1. The van der Waals surface area contributed by atoms with Crippen LogP contribution in [0.2, 0.25) is 0 Å². The molecule has 154 valence electrons. The average Bonchev–Trinajstić information content (AvgIpc) is 3.22. The van der Waals surface area contributed by atoms with E-state index in [2.05, 4.69) is 20.6 Å². The first kappa shape index (κ1) is 20.6. The van der Waals surface area contributed by atoms with Gasteiger partial charge in [0, 0.05) is 51.4 Å². The number of ether oxygens (including phenoxy) is 1. The predicted molar refractivity (Wildman–Crippen MR) is 109 cm³/mol. The van der Waals surface area contributed by atoms with Crippen LogP contribution in [0.5, 0.6) is 11.6 Å². The van der Waals surface area contributed by atoms with Crippen molar-refractivity contribution in [3.63, 3.8) is 0 Å². The Balaban J connectivity index is 1.47. The Hall–Kier alpha value is -3.16. The maximum Gasteiger partial charge on any atom is 0.222 e. The minimum atomic E-state index is -0.309. The quantitative estimate of drug-likeness (QED) is 0.577. The van der Waals surface area contributed by atoms with Crippen LogP contribution in [-0.4, -0.2) is 47.9 Å². The second kappa shape index (κ2) is 9.86. The molecule has 2 heterocycles. The van der Waals surface area contributed by atoms with Crippen LogP contribution in [0, 0.1) is 5.82 Å². The summed E-state index contributed by atoms with van der Waals surface area (Å²) in [7, 11) is 1.72. The highest BCUT2D eigenvalue weighted by Crippen LogP contribution is 2.19. The summed E-state index contributed by atoms with van der Waals surface area (Å²) in [5.74, 6) is 1.53. The zero-order valence-corrected chi connectivity index (χ0v) is 16.7. The van der Waals surface area contributed by atoms with Gasteiger partial charge in [-0.1, -0.05) is 13.0 Å². The third-order valence-electron chi connectivity index (χ3n) is 4.70. The molecule has 1 fully saturated rings. The number of likely N-dealkylation sites (tertiary alicyclic amines) is 1. The second-order valence-corrected chi connectivity index (χ2v) is 6.81. The van der Waals surface area contributed by atoms with Crippen molar-refractivity contribution in [2.24, 2.45) is 4.99 Å². The van der Waals surface area contributed by atoms with Gasteiger partial charge in [0.05, 0.1) is 0 Å². The SMILES string of the molecule is CCC(=O)N1CCC(NC(=NC)NCc2ccc(Oc3ccc(F)cc3)nc2)C1. The molecular weight excluding hydrogens is 373 g/mol. The standard InChI is InChI=1S/C21H26FN5O2/c1-3-20(28)27-11-10-17(14-27)26-21(23-2)25-13-15-4-9-19(24-12-15)29-18-7-5-16(22)6-8-18/h4-9,12,17H,3,10-11,13-14H2,1-2H3,(H2,23,25,26). The molecule has 1 unspecified atom stereocenters. The molecular formula is C21H26FN5O2. The number of carbonyl (C=O) groups is 1. The molecule has 0 aliphatic carbocycles. The monoisotopic (exact) mass is 399 g/mol. The summed E-state index contributed by atoms with van der Waals surface area (Å²) in [4.78, 5) is 22.2. The smallest absolute Gasteiger partial charge is 0.222 e. The number of aromatic nitrogens is 1. The van der Waals surface area contributed by atoms with E-state index in [0.29, 0.717) is 37.1 Å². The van der Waals surface area contributed by atoms with Gasteiger partial charge in [-0.25, -0.2) is 9.37 Å². The minimum absolute atomic E-state index is 0.186. The largest absolute Gasteiger partial charge is 0.439 e. The maximum absolute atomic E-state index is 12.9. The molecule has 2 N–H and O–H groups in total. The Labute approximate surface area is 170 Å².